The summed E-state index contributed by atoms with van der Waals surface area (Å²) in [4.78, 5) is 0. The summed E-state index contributed by atoms with van der Waals surface area (Å²) in [7, 11) is 0. The minimum atomic E-state index is 0.333. The molecular formula is C16H25BrN2. The summed E-state index contributed by atoms with van der Waals surface area (Å²) in [6.45, 7) is 5.75. The first-order valence-electron chi connectivity index (χ1n) is 7.28. The zero-order chi connectivity index (χ0) is 13.9. The molecule has 0 saturated heterocycles. The molecule has 0 radical (unpaired) electrons. The summed E-state index contributed by atoms with van der Waals surface area (Å²) in [5, 5.41) is 3.53. The number of hydrogen-bond donors (Lipinski definition) is 2. The normalized spacial score (nSPS) is 17.4. The van der Waals surface area contributed by atoms with E-state index in [4.69, 9.17) is 5.73 Å². The van der Waals surface area contributed by atoms with Gasteiger partial charge in [0.1, 0.15) is 0 Å². The molecule has 0 amide bonds. The molecule has 1 aliphatic rings. The molecule has 19 heavy (non-hydrogen) atoms. The summed E-state index contributed by atoms with van der Waals surface area (Å²) >= 11 is 3.44. The van der Waals surface area contributed by atoms with Crippen molar-refractivity contribution in [2.45, 2.75) is 46.0 Å². The van der Waals surface area contributed by atoms with Gasteiger partial charge in [-0.05, 0) is 42.4 Å². The Labute approximate surface area is 125 Å². The van der Waals surface area contributed by atoms with Crippen LogP contribution in [-0.2, 0) is 0 Å². The van der Waals surface area contributed by atoms with Crippen LogP contribution in [0.3, 0.4) is 0 Å². The highest BCUT2D eigenvalue weighted by atomic mass is 79.9. The predicted octanol–water partition coefficient (Wildman–Crippen LogP) is 5.05. The van der Waals surface area contributed by atoms with Crippen molar-refractivity contribution in [1.82, 2.24) is 0 Å². The van der Waals surface area contributed by atoms with E-state index in [1.165, 1.54) is 32.1 Å². The molecule has 106 valence electrons. The number of nitrogen functional groups attached to an aromatic ring is 1. The fourth-order valence-electron chi connectivity index (χ4n) is 3.05. The molecular weight excluding hydrogens is 300 g/mol. The first-order chi connectivity index (χ1) is 8.99. The lowest BCUT2D eigenvalue weighted by Gasteiger charge is -2.37. The molecule has 0 atom stereocenters. The van der Waals surface area contributed by atoms with Gasteiger partial charge in [-0.25, -0.2) is 0 Å². The Bertz CT molecular complexity index is 423. The Morgan fingerprint density at radius 3 is 2.58 bits per heavy atom. The monoisotopic (exact) mass is 324 g/mol. The van der Waals surface area contributed by atoms with Gasteiger partial charge in [-0.2, -0.15) is 0 Å². The van der Waals surface area contributed by atoms with Gasteiger partial charge in [0, 0.05) is 11.0 Å². The maximum Gasteiger partial charge on any atom is 0.0574 e. The SMILES string of the molecule is CC(C)(CNc1ccc(Br)cc1N)C1CCCCC1. The minimum Gasteiger partial charge on any atom is -0.397 e. The van der Waals surface area contributed by atoms with Crippen molar-refractivity contribution in [2.75, 3.05) is 17.6 Å². The second kappa shape index (κ2) is 6.17. The molecule has 0 heterocycles. The molecule has 0 spiro atoms. The number of benzene rings is 1. The molecule has 1 aromatic carbocycles. The van der Waals surface area contributed by atoms with Crippen LogP contribution in [0, 0.1) is 11.3 Å². The topological polar surface area (TPSA) is 38.0 Å². The Morgan fingerprint density at radius 1 is 1.26 bits per heavy atom. The fourth-order valence-corrected chi connectivity index (χ4v) is 3.42. The Kier molecular flexibility index (Phi) is 4.77. The maximum atomic E-state index is 6.04. The summed E-state index contributed by atoms with van der Waals surface area (Å²) in [5.41, 5.74) is 8.23. The van der Waals surface area contributed by atoms with Crippen LogP contribution in [0.25, 0.3) is 0 Å². The average molecular weight is 325 g/mol. The van der Waals surface area contributed by atoms with Gasteiger partial charge in [0.25, 0.3) is 0 Å². The van der Waals surface area contributed by atoms with Gasteiger partial charge in [-0.15, -0.1) is 0 Å². The molecule has 0 bridgehead atoms. The molecule has 3 heteroatoms. The molecule has 1 aliphatic carbocycles. The largest absolute Gasteiger partial charge is 0.397 e. The van der Waals surface area contributed by atoms with Gasteiger partial charge in [-0.1, -0.05) is 49.0 Å². The smallest absolute Gasteiger partial charge is 0.0574 e. The average Bonchev–Trinajstić information content (AvgIpc) is 2.39. The van der Waals surface area contributed by atoms with E-state index in [1.807, 2.05) is 12.1 Å². The number of nitrogens with one attached hydrogen (secondary N) is 1. The van der Waals surface area contributed by atoms with Gasteiger partial charge in [0.2, 0.25) is 0 Å². The molecule has 3 N–H and O–H groups in total. The first-order valence-corrected chi connectivity index (χ1v) is 8.07. The zero-order valence-electron chi connectivity index (χ0n) is 12.0. The first kappa shape index (κ1) is 14.7. The van der Waals surface area contributed by atoms with E-state index in [0.717, 1.165) is 28.3 Å². The van der Waals surface area contributed by atoms with Gasteiger partial charge in [-0.3, -0.25) is 0 Å². The van der Waals surface area contributed by atoms with Crippen molar-refractivity contribution < 1.29 is 0 Å². The highest BCUT2D eigenvalue weighted by Crippen LogP contribution is 2.38. The maximum absolute atomic E-state index is 6.04. The third-order valence-corrected chi connectivity index (χ3v) is 4.95. The molecule has 1 aromatic rings. The summed E-state index contributed by atoms with van der Waals surface area (Å²) in [6, 6.07) is 6.04. The third kappa shape index (κ3) is 3.88. The Morgan fingerprint density at radius 2 is 1.95 bits per heavy atom. The van der Waals surface area contributed by atoms with Crippen LogP contribution in [0.5, 0.6) is 0 Å². The quantitative estimate of drug-likeness (QED) is 0.760. The van der Waals surface area contributed by atoms with Crippen LogP contribution < -0.4 is 11.1 Å². The highest BCUT2D eigenvalue weighted by Gasteiger charge is 2.30. The number of anilines is 2. The van der Waals surface area contributed by atoms with Crippen LogP contribution in [-0.4, -0.2) is 6.54 Å². The lowest BCUT2D eigenvalue weighted by molar-refractivity contribution is 0.172. The van der Waals surface area contributed by atoms with Crippen molar-refractivity contribution in [3.8, 4) is 0 Å². The van der Waals surface area contributed by atoms with Gasteiger partial charge in [0.15, 0.2) is 0 Å². The van der Waals surface area contributed by atoms with E-state index < -0.39 is 0 Å². The van der Waals surface area contributed by atoms with E-state index in [9.17, 15) is 0 Å². The number of hydrogen-bond acceptors (Lipinski definition) is 2. The number of nitrogens with two attached hydrogens (primary N) is 1. The third-order valence-electron chi connectivity index (χ3n) is 4.46. The Hall–Kier alpha value is -0.700. The van der Waals surface area contributed by atoms with Gasteiger partial charge >= 0.3 is 0 Å². The Balaban J connectivity index is 1.96. The molecule has 0 aromatic heterocycles. The van der Waals surface area contributed by atoms with E-state index in [0.29, 0.717) is 5.41 Å². The highest BCUT2D eigenvalue weighted by molar-refractivity contribution is 9.10. The van der Waals surface area contributed by atoms with Crippen molar-refractivity contribution in [1.29, 1.82) is 0 Å². The summed E-state index contributed by atoms with van der Waals surface area (Å²) < 4.78 is 1.03. The van der Waals surface area contributed by atoms with E-state index >= 15 is 0 Å². The lowest BCUT2D eigenvalue weighted by atomic mass is 9.71. The minimum absolute atomic E-state index is 0.333. The second-order valence-electron chi connectivity index (χ2n) is 6.41. The zero-order valence-corrected chi connectivity index (χ0v) is 13.6. The van der Waals surface area contributed by atoms with Crippen LogP contribution >= 0.6 is 15.9 Å². The van der Waals surface area contributed by atoms with Crippen molar-refractivity contribution >= 4 is 27.3 Å². The van der Waals surface area contributed by atoms with Crippen LogP contribution in [0.1, 0.15) is 46.0 Å². The number of halogens is 1. The van der Waals surface area contributed by atoms with Crippen molar-refractivity contribution in [3.63, 3.8) is 0 Å². The molecule has 1 fully saturated rings. The van der Waals surface area contributed by atoms with Crippen LogP contribution in [0.4, 0.5) is 11.4 Å². The lowest BCUT2D eigenvalue weighted by Crippen LogP contribution is -2.33. The molecule has 0 aliphatic heterocycles. The molecule has 0 unspecified atom stereocenters. The van der Waals surface area contributed by atoms with Gasteiger partial charge < -0.3 is 11.1 Å². The number of rotatable bonds is 4. The second-order valence-corrected chi connectivity index (χ2v) is 7.32. The van der Waals surface area contributed by atoms with Crippen LogP contribution in [0.15, 0.2) is 22.7 Å². The van der Waals surface area contributed by atoms with E-state index in [2.05, 4.69) is 41.2 Å². The summed E-state index contributed by atoms with van der Waals surface area (Å²) in [6.07, 6.45) is 6.97. The fraction of sp³-hybridized carbons (Fsp3) is 0.625. The van der Waals surface area contributed by atoms with E-state index in [1.54, 1.807) is 0 Å². The van der Waals surface area contributed by atoms with E-state index in [-0.39, 0.29) is 0 Å². The molecule has 1 saturated carbocycles. The molecule has 2 nitrogen and oxygen atoms in total. The van der Waals surface area contributed by atoms with Crippen molar-refractivity contribution in [3.05, 3.63) is 22.7 Å². The summed E-state index contributed by atoms with van der Waals surface area (Å²) in [5.74, 6) is 0.838. The standard InChI is InChI=1S/C16H25BrN2/c1-16(2,12-6-4-3-5-7-12)11-19-15-9-8-13(17)10-14(15)18/h8-10,12,19H,3-7,11,18H2,1-2H3. The van der Waals surface area contributed by atoms with Crippen molar-refractivity contribution in [2.24, 2.45) is 11.3 Å². The van der Waals surface area contributed by atoms with Gasteiger partial charge in [0.05, 0.1) is 11.4 Å². The predicted molar refractivity (Wildman–Crippen MR) is 87.4 cm³/mol. The molecule has 2 rings (SSSR count). The van der Waals surface area contributed by atoms with Crippen LogP contribution in [0.2, 0.25) is 0 Å².